The second kappa shape index (κ2) is 5.38. The number of carbonyl (C=O) groups is 1. The maximum atomic E-state index is 12.2. The lowest BCUT2D eigenvalue weighted by atomic mass is 9.92. The summed E-state index contributed by atoms with van der Waals surface area (Å²) in [7, 11) is 0. The molecule has 1 saturated carbocycles. The average Bonchev–Trinajstić information content (AvgIpc) is 2.93. The molecule has 3 atom stereocenters. The van der Waals surface area contributed by atoms with E-state index in [-0.39, 0.29) is 6.42 Å². The van der Waals surface area contributed by atoms with E-state index in [2.05, 4.69) is 0 Å². The molecule has 1 aromatic heterocycles. The first-order chi connectivity index (χ1) is 9.65. The Morgan fingerprint density at radius 1 is 1.57 bits per heavy atom. The molecule has 116 valence electrons. The maximum absolute atomic E-state index is 12.2. The van der Waals surface area contributed by atoms with Crippen LogP contribution in [0.15, 0.2) is 17.5 Å². The smallest absolute Gasteiger partial charge is 0.346 e. The fraction of sp³-hybridized carbons (Fsp3) is 0.643. The number of nitro groups is 1. The Kier molecular flexibility index (Phi) is 4.08. The Hall–Kier alpha value is -1.47. The first kappa shape index (κ1) is 15.9. The van der Waals surface area contributed by atoms with Gasteiger partial charge < -0.3 is 9.84 Å². The van der Waals surface area contributed by atoms with Crippen LogP contribution in [0, 0.1) is 10.1 Å². The van der Waals surface area contributed by atoms with Crippen LogP contribution in [0.5, 0.6) is 0 Å². The van der Waals surface area contributed by atoms with Crippen molar-refractivity contribution in [1.82, 2.24) is 0 Å². The Labute approximate surface area is 126 Å². The van der Waals surface area contributed by atoms with Gasteiger partial charge in [0, 0.05) is 9.80 Å². The predicted molar refractivity (Wildman–Crippen MR) is 77.9 cm³/mol. The molecule has 0 aromatic carbocycles. The van der Waals surface area contributed by atoms with E-state index in [1.54, 1.807) is 26.8 Å². The number of ether oxygens (including phenoxy) is 1. The van der Waals surface area contributed by atoms with Gasteiger partial charge in [0.2, 0.25) is 5.60 Å². The molecule has 1 aliphatic carbocycles. The third kappa shape index (κ3) is 3.08. The Bertz CT molecular complexity index is 536. The first-order valence-electron chi connectivity index (χ1n) is 6.78. The van der Waals surface area contributed by atoms with Crippen LogP contribution in [0.4, 0.5) is 0 Å². The van der Waals surface area contributed by atoms with E-state index in [0.717, 1.165) is 4.88 Å². The molecule has 1 aromatic rings. The van der Waals surface area contributed by atoms with Crippen molar-refractivity contribution in [2.75, 3.05) is 0 Å². The first-order valence-corrected chi connectivity index (χ1v) is 7.66. The highest BCUT2D eigenvalue weighted by Gasteiger charge is 2.62. The molecular formula is C14H19NO5S. The number of thiophene rings is 1. The molecule has 1 fully saturated rings. The van der Waals surface area contributed by atoms with Gasteiger partial charge >= 0.3 is 5.97 Å². The quantitative estimate of drug-likeness (QED) is 0.525. The van der Waals surface area contributed by atoms with E-state index in [4.69, 9.17) is 4.74 Å². The fourth-order valence-corrected chi connectivity index (χ4v) is 3.62. The molecule has 0 aliphatic heterocycles. The molecule has 0 radical (unpaired) electrons. The lowest BCUT2D eigenvalue weighted by Crippen LogP contribution is -2.53. The largest absolute Gasteiger partial charge is 0.458 e. The summed E-state index contributed by atoms with van der Waals surface area (Å²) in [5.74, 6) is -1.37. The van der Waals surface area contributed by atoms with Crippen LogP contribution < -0.4 is 0 Å². The van der Waals surface area contributed by atoms with Crippen molar-refractivity contribution in [3.63, 3.8) is 0 Å². The zero-order valence-corrected chi connectivity index (χ0v) is 13.1. The lowest BCUT2D eigenvalue weighted by Gasteiger charge is -2.28. The zero-order chi connectivity index (χ0) is 15.8. The van der Waals surface area contributed by atoms with Crippen molar-refractivity contribution in [2.45, 2.75) is 56.8 Å². The van der Waals surface area contributed by atoms with Crippen molar-refractivity contribution in [2.24, 2.45) is 0 Å². The van der Waals surface area contributed by atoms with Crippen molar-refractivity contribution >= 4 is 17.3 Å². The molecule has 0 spiro atoms. The van der Waals surface area contributed by atoms with Gasteiger partial charge in [-0.25, -0.2) is 4.79 Å². The number of hydrogen-bond acceptors (Lipinski definition) is 6. The predicted octanol–water partition coefficient (Wildman–Crippen LogP) is 2.34. The minimum Gasteiger partial charge on any atom is -0.458 e. The van der Waals surface area contributed by atoms with E-state index in [1.165, 1.54) is 11.3 Å². The summed E-state index contributed by atoms with van der Waals surface area (Å²) in [5, 5.41) is 23.9. The molecule has 6 nitrogen and oxygen atoms in total. The molecule has 0 unspecified atom stereocenters. The van der Waals surface area contributed by atoms with Crippen LogP contribution in [0.3, 0.4) is 0 Å². The summed E-state index contributed by atoms with van der Waals surface area (Å²) in [6, 6.07) is 2.24. The van der Waals surface area contributed by atoms with Crippen molar-refractivity contribution in [3.05, 3.63) is 32.5 Å². The number of hydrogen-bond donors (Lipinski definition) is 1. The van der Waals surface area contributed by atoms with Gasteiger partial charge in [-0.15, -0.1) is 11.3 Å². The summed E-state index contributed by atoms with van der Waals surface area (Å²) in [6.45, 7) is 5.00. The Morgan fingerprint density at radius 3 is 2.71 bits per heavy atom. The minimum absolute atomic E-state index is 0.0378. The van der Waals surface area contributed by atoms with E-state index < -0.39 is 34.1 Å². The van der Waals surface area contributed by atoms with Crippen LogP contribution in [-0.2, 0) is 9.53 Å². The van der Waals surface area contributed by atoms with Crippen molar-refractivity contribution in [3.8, 4) is 0 Å². The van der Waals surface area contributed by atoms with E-state index in [1.807, 2.05) is 11.4 Å². The standard InChI is InChI=1S/C14H19NO5S/c1-13(2,3)20-12(16)14(17)7-6-9(11(14)15(18)19)10-5-4-8-21-10/h4-5,8-9,11,17H,6-7H2,1-3H3/t9-,11-,14-/m0/s1. The third-order valence-electron chi connectivity index (χ3n) is 3.60. The van der Waals surface area contributed by atoms with Crippen LogP contribution in [0.2, 0.25) is 0 Å². The SMILES string of the molecule is CC(C)(C)OC(=O)[C@]1(O)CC[C@@H](c2cccs2)[C@@H]1[N+](=O)[O-]. The van der Waals surface area contributed by atoms with Crippen LogP contribution in [0.25, 0.3) is 0 Å². The van der Waals surface area contributed by atoms with E-state index >= 15 is 0 Å². The summed E-state index contributed by atoms with van der Waals surface area (Å²) in [6.07, 6.45) is 0.429. The van der Waals surface area contributed by atoms with E-state index in [0.29, 0.717) is 6.42 Å². The van der Waals surface area contributed by atoms with Gasteiger partial charge in [-0.05, 0) is 45.1 Å². The highest BCUT2D eigenvalue weighted by atomic mass is 32.1. The van der Waals surface area contributed by atoms with Gasteiger partial charge in [-0.3, -0.25) is 10.1 Å². The molecule has 0 bridgehead atoms. The van der Waals surface area contributed by atoms with Gasteiger partial charge in [0.05, 0.1) is 5.92 Å². The highest BCUT2D eigenvalue weighted by Crippen LogP contribution is 2.45. The topological polar surface area (TPSA) is 89.7 Å². The van der Waals surface area contributed by atoms with Crippen molar-refractivity contribution < 1.29 is 19.6 Å². The van der Waals surface area contributed by atoms with Crippen LogP contribution in [-0.4, -0.2) is 33.2 Å². The number of aliphatic hydroxyl groups is 1. The second-order valence-electron chi connectivity index (χ2n) is 6.32. The number of carbonyl (C=O) groups excluding carboxylic acids is 1. The average molecular weight is 313 g/mol. The molecule has 1 N–H and O–H groups in total. The molecule has 0 saturated heterocycles. The van der Waals surface area contributed by atoms with Gasteiger partial charge in [0.15, 0.2) is 0 Å². The zero-order valence-electron chi connectivity index (χ0n) is 12.2. The van der Waals surface area contributed by atoms with Crippen LogP contribution >= 0.6 is 11.3 Å². The van der Waals surface area contributed by atoms with Gasteiger partial charge in [0.1, 0.15) is 5.60 Å². The molecule has 0 amide bonds. The normalized spacial score (nSPS) is 29.3. The lowest BCUT2D eigenvalue weighted by molar-refractivity contribution is -0.540. The fourth-order valence-electron chi connectivity index (χ4n) is 2.72. The molecule has 1 aliphatic rings. The molecular weight excluding hydrogens is 294 g/mol. The van der Waals surface area contributed by atoms with Gasteiger partial charge in [-0.1, -0.05) is 6.07 Å². The Morgan fingerprint density at radius 2 is 2.24 bits per heavy atom. The summed E-state index contributed by atoms with van der Waals surface area (Å²) in [5.41, 5.74) is -2.86. The molecule has 21 heavy (non-hydrogen) atoms. The Balaban J connectivity index is 2.31. The monoisotopic (exact) mass is 313 g/mol. The molecule has 1 heterocycles. The number of esters is 1. The number of rotatable bonds is 3. The van der Waals surface area contributed by atoms with E-state index in [9.17, 15) is 20.0 Å². The molecule has 7 heteroatoms. The van der Waals surface area contributed by atoms with Gasteiger partial charge in [-0.2, -0.15) is 0 Å². The number of nitrogens with zero attached hydrogens (tertiary/aromatic N) is 1. The van der Waals surface area contributed by atoms with Crippen molar-refractivity contribution in [1.29, 1.82) is 0 Å². The third-order valence-corrected chi connectivity index (χ3v) is 4.60. The summed E-state index contributed by atoms with van der Waals surface area (Å²) >= 11 is 1.40. The maximum Gasteiger partial charge on any atom is 0.346 e. The highest BCUT2D eigenvalue weighted by molar-refractivity contribution is 7.10. The molecule has 2 rings (SSSR count). The minimum atomic E-state index is -2.06. The second-order valence-corrected chi connectivity index (χ2v) is 7.30. The summed E-state index contributed by atoms with van der Waals surface area (Å²) < 4.78 is 5.18. The van der Waals surface area contributed by atoms with Crippen LogP contribution in [0.1, 0.15) is 44.4 Å². The van der Waals surface area contributed by atoms with Gasteiger partial charge in [0.25, 0.3) is 6.04 Å². The summed E-state index contributed by atoms with van der Waals surface area (Å²) in [4.78, 5) is 23.9.